The van der Waals surface area contributed by atoms with Gasteiger partial charge in [-0.2, -0.15) is 0 Å². The van der Waals surface area contributed by atoms with E-state index < -0.39 is 0 Å². The first-order chi connectivity index (χ1) is 12.2. The van der Waals surface area contributed by atoms with Crippen LogP contribution >= 0.6 is 27.7 Å². The molecule has 2 heterocycles. The Bertz CT molecular complexity index is 549. The van der Waals surface area contributed by atoms with E-state index in [9.17, 15) is 4.79 Å². The zero-order valence-electron chi connectivity index (χ0n) is 14.7. The fourth-order valence-corrected chi connectivity index (χ4v) is 4.64. The molecule has 2 aliphatic rings. The summed E-state index contributed by atoms with van der Waals surface area (Å²) in [6.07, 6.45) is 3.01. The Hall–Kier alpha value is -0.560. The number of carbonyl (C=O) groups is 1. The molecular formula is C19H27BrN2O2S. The van der Waals surface area contributed by atoms with Crippen molar-refractivity contribution in [1.29, 1.82) is 0 Å². The molecule has 6 heteroatoms. The van der Waals surface area contributed by atoms with Crippen molar-refractivity contribution < 1.29 is 9.53 Å². The monoisotopic (exact) mass is 426 g/mol. The lowest BCUT2D eigenvalue weighted by atomic mass is 9.97. The number of morpholine rings is 1. The molecule has 0 aliphatic carbocycles. The number of hydrogen-bond acceptors (Lipinski definition) is 4. The maximum absolute atomic E-state index is 12.6. The third-order valence-corrected chi connectivity index (χ3v) is 6.43. The molecule has 1 aromatic carbocycles. The number of hydrogen-bond donors (Lipinski definition) is 0. The van der Waals surface area contributed by atoms with E-state index in [2.05, 4.69) is 37.9 Å². The molecule has 3 rings (SSSR count). The Morgan fingerprint density at radius 1 is 1.20 bits per heavy atom. The summed E-state index contributed by atoms with van der Waals surface area (Å²) < 4.78 is 6.51. The summed E-state index contributed by atoms with van der Waals surface area (Å²) in [5.41, 5.74) is 0. The van der Waals surface area contributed by atoms with Crippen molar-refractivity contribution in [3.05, 3.63) is 28.7 Å². The first kappa shape index (κ1) is 19.2. The van der Waals surface area contributed by atoms with E-state index in [0.29, 0.717) is 18.2 Å². The van der Waals surface area contributed by atoms with E-state index >= 15 is 0 Å². The summed E-state index contributed by atoms with van der Waals surface area (Å²) in [6.45, 7) is 6.75. The van der Waals surface area contributed by atoms with Crippen LogP contribution in [-0.4, -0.2) is 67.4 Å². The number of likely N-dealkylation sites (tertiary alicyclic amines) is 1. The van der Waals surface area contributed by atoms with Crippen molar-refractivity contribution in [1.82, 2.24) is 9.80 Å². The molecule has 1 atom stereocenters. The van der Waals surface area contributed by atoms with Crippen molar-refractivity contribution >= 4 is 33.6 Å². The highest BCUT2D eigenvalue weighted by atomic mass is 79.9. The number of thioether (sulfide) groups is 1. The van der Waals surface area contributed by atoms with Crippen LogP contribution in [0.1, 0.15) is 19.3 Å². The molecule has 2 fully saturated rings. The number of benzene rings is 1. The highest BCUT2D eigenvalue weighted by Crippen LogP contribution is 2.23. The summed E-state index contributed by atoms with van der Waals surface area (Å²) in [7, 11) is 0. The summed E-state index contributed by atoms with van der Waals surface area (Å²) in [5.74, 6) is 1.79. The Morgan fingerprint density at radius 2 is 1.96 bits per heavy atom. The number of ether oxygens (including phenoxy) is 1. The van der Waals surface area contributed by atoms with Gasteiger partial charge in [-0.15, -0.1) is 11.8 Å². The predicted molar refractivity (Wildman–Crippen MR) is 106 cm³/mol. The number of halogens is 1. The first-order valence-electron chi connectivity index (χ1n) is 9.17. The van der Waals surface area contributed by atoms with E-state index in [0.717, 1.165) is 62.6 Å². The number of rotatable bonds is 6. The van der Waals surface area contributed by atoms with Crippen molar-refractivity contribution in [2.24, 2.45) is 5.92 Å². The lowest BCUT2D eigenvalue weighted by Crippen LogP contribution is -2.46. The number of nitrogens with zero attached hydrogens (tertiary/aromatic N) is 2. The molecule has 138 valence electrons. The predicted octanol–water partition coefficient (Wildman–Crippen LogP) is 3.50. The van der Waals surface area contributed by atoms with Gasteiger partial charge >= 0.3 is 0 Å². The summed E-state index contributed by atoms with van der Waals surface area (Å²) in [6, 6.07) is 8.28. The fraction of sp³-hybridized carbons (Fsp3) is 0.632. The summed E-state index contributed by atoms with van der Waals surface area (Å²) in [5, 5.41) is 0. The van der Waals surface area contributed by atoms with Gasteiger partial charge < -0.3 is 9.64 Å². The molecule has 0 N–H and O–H groups in total. The molecular weight excluding hydrogens is 400 g/mol. The van der Waals surface area contributed by atoms with Crippen LogP contribution in [0.4, 0.5) is 0 Å². The molecule has 2 saturated heterocycles. The number of piperidine rings is 1. The van der Waals surface area contributed by atoms with Crippen LogP contribution in [0.5, 0.6) is 0 Å². The standard InChI is InChI=1S/C19H27BrN2O2S/c20-17-3-5-18(6-4-17)25-13-7-19(23)22-8-1-2-16(15-22)14-21-9-11-24-12-10-21/h3-6,16H,1-2,7-15H2. The third-order valence-electron chi connectivity index (χ3n) is 4.89. The Balaban J connectivity index is 1.39. The smallest absolute Gasteiger partial charge is 0.223 e. The molecule has 1 aromatic rings. The molecule has 25 heavy (non-hydrogen) atoms. The maximum Gasteiger partial charge on any atom is 0.223 e. The minimum atomic E-state index is 0.316. The molecule has 0 bridgehead atoms. The summed E-state index contributed by atoms with van der Waals surface area (Å²) in [4.78, 5) is 18.4. The number of carbonyl (C=O) groups excluding carboxylic acids is 1. The third kappa shape index (κ3) is 6.27. The van der Waals surface area contributed by atoms with Crippen LogP contribution in [0.25, 0.3) is 0 Å². The van der Waals surface area contributed by atoms with Crippen LogP contribution in [0.3, 0.4) is 0 Å². The van der Waals surface area contributed by atoms with Gasteiger partial charge in [0, 0.05) is 54.3 Å². The quantitative estimate of drug-likeness (QED) is 0.651. The molecule has 0 radical (unpaired) electrons. The SMILES string of the molecule is O=C(CCSc1ccc(Br)cc1)N1CCCC(CN2CCOCC2)C1. The van der Waals surface area contributed by atoms with Gasteiger partial charge in [0.2, 0.25) is 5.91 Å². The lowest BCUT2D eigenvalue weighted by molar-refractivity contribution is -0.132. The van der Waals surface area contributed by atoms with E-state index in [1.807, 2.05) is 12.1 Å². The van der Waals surface area contributed by atoms with Crippen LogP contribution in [0, 0.1) is 5.92 Å². The summed E-state index contributed by atoms with van der Waals surface area (Å²) >= 11 is 5.21. The lowest BCUT2D eigenvalue weighted by Gasteiger charge is -2.36. The van der Waals surface area contributed by atoms with Gasteiger partial charge in [0.25, 0.3) is 0 Å². The highest BCUT2D eigenvalue weighted by molar-refractivity contribution is 9.10. The molecule has 2 aliphatic heterocycles. The minimum absolute atomic E-state index is 0.316. The van der Waals surface area contributed by atoms with Gasteiger partial charge in [-0.3, -0.25) is 9.69 Å². The molecule has 0 spiro atoms. The fourth-order valence-electron chi connectivity index (χ4n) is 3.53. The Labute approximate surface area is 163 Å². The van der Waals surface area contributed by atoms with E-state index in [-0.39, 0.29) is 0 Å². The molecule has 1 unspecified atom stereocenters. The van der Waals surface area contributed by atoms with Gasteiger partial charge in [-0.25, -0.2) is 0 Å². The normalized spacial score (nSPS) is 22.1. The average Bonchev–Trinajstić information content (AvgIpc) is 2.64. The van der Waals surface area contributed by atoms with Crippen LogP contribution in [-0.2, 0) is 9.53 Å². The second-order valence-corrected chi connectivity index (χ2v) is 8.90. The average molecular weight is 427 g/mol. The van der Waals surface area contributed by atoms with E-state index in [1.165, 1.54) is 11.3 Å². The van der Waals surface area contributed by atoms with Crippen LogP contribution in [0.15, 0.2) is 33.6 Å². The van der Waals surface area contributed by atoms with Gasteiger partial charge in [0.15, 0.2) is 0 Å². The Morgan fingerprint density at radius 3 is 2.72 bits per heavy atom. The second-order valence-electron chi connectivity index (χ2n) is 6.81. The largest absolute Gasteiger partial charge is 0.379 e. The van der Waals surface area contributed by atoms with Crippen molar-refractivity contribution in [3.63, 3.8) is 0 Å². The van der Waals surface area contributed by atoms with E-state index in [4.69, 9.17) is 4.74 Å². The minimum Gasteiger partial charge on any atom is -0.379 e. The first-order valence-corrected chi connectivity index (χ1v) is 10.9. The zero-order valence-corrected chi connectivity index (χ0v) is 17.1. The maximum atomic E-state index is 12.6. The van der Waals surface area contributed by atoms with Crippen molar-refractivity contribution in [2.75, 3.05) is 51.7 Å². The molecule has 1 amide bonds. The van der Waals surface area contributed by atoms with Gasteiger partial charge in [-0.1, -0.05) is 15.9 Å². The Kier molecular flexibility index (Phi) is 7.65. The van der Waals surface area contributed by atoms with E-state index in [1.54, 1.807) is 11.8 Å². The topological polar surface area (TPSA) is 32.8 Å². The molecule has 0 saturated carbocycles. The second kappa shape index (κ2) is 9.95. The van der Waals surface area contributed by atoms with Gasteiger partial charge in [0.1, 0.15) is 0 Å². The number of amides is 1. The van der Waals surface area contributed by atoms with Crippen LogP contribution in [0.2, 0.25) is 0 Å². The zero-order chi connectivity index (χ0) is 17.5. The van der Waals surface area contributed by atoms with Gasteiger partial charge in [-0.05, 0) is 43.0 Å². The molecule has 4 nitrogen and oxygen atoms in total. The highest BCUT2D eigenvalue weighted by Gasteiger charge is 2.25. The van der Waals surface area contributed by atoms with Gasteiger partial charge in [0.05, 0.1) is 13.2 Å². The molecule has 0 aromatic heterocycles. The van der Waals surface area contributed by atoms with Crippen molar-refractivity contribution in [3.8, 4) is 0 Å². The van der Waals surface area contributed by atoms with Crippen molar-refractivity contribution in [2.45, 2.75) is 24.2 Å². The van der Waals surface area contributed by atoms with Crippen LogP contribution < -0.4 is 0 Å².